The first kappa shape index (κ1) is 17.3. The van der Waals surface area contributed by atoms with Crippen LogP contribution in [0.25, 0.3) is 6.08 Å². The van der Waals surface area contributed by atoms with Gasteiger partial charge in [-0.15, -0.1) is 0 Å². The molecular weight excluding hydrogens is 306 g/mol. The van der Waals surface area contributed by atoms with E-state index in [9.17, 15) is 9.59 Å². The standard InChI is InChI=1S/C19H19NO4/c1-2-23-17-11-8-15(9-12-17)10-13-19(22)24-14-18(21)20-16-6-4-3-5-7-16/h3-13H,2,14H2,1H3,(H,20,21)/b13-10+. The van der Waals surface area contributed by atoms with E-state index in [0.717, 1.165) is 11.3 Å². The van der Waals surface area contributed by atoms with Gasteiger partial charge in [0.05, 0.1) is 6.61 Å². The lowest BCUT2D eigenvalue weighted by molar-refractivity contribution is -0.142. The maximum absolute atomic E-state index is 11.7. The van der Waals surface area contributed by atoms with Gasteiger partial charge in [0, 0.05) is 11.8 Å². The molecule has 0 bridgehead atoms. The molecule has 0 aliphatic rings. The van der Waals surface area contributed by atoms with Gasteiger partial charge in [-0.3, -0.25) is 4.79 Å². The van der Waals surface area contributed by atoms with Crippen LogP contribution < -0.4 is 10.1 Å². The maximum Gasteiger partial charge on any atom is 0.331 e. The van der Waals surface area contributed by atoms with Crippen molar-refractivity contribution in [3.05, 3.63) is 66.2 Å². The van der Waals surface area contributed by atoms with E-state index in [0.29, 0.717) is 12.3 Å². The molecule has 24 heavy (non-hydrogen) atoms. The summed E-state index contributed by atoms with van der Waals surface area (Å²) < 4.78 is 10.2. The van der Waals surface area contributed by atoms with Gasteiger partial charge in [0.15, 0.2) is 6.61 Å². The third-order valence-corrected chi connectivity index (χ3v) is 3.01. The lowest BCUT2D eigenvalue weighted by Crippen LogP contribution is -2.20. The number of carbonyl (C=O) groups is 2. The Morgan fingerprint density at radius 3 is 2.42 bits per heavy atom. The van der Waals surface area contributed by atoms with Crippen molar-refractivity contribution >= 4 is 23.6 Å². The second-order valence-corrected chi connectivity index (χ2v) is 4.86. The number of hydrogen-bond donors (Lipinski definition) is 1. The van der Waals surface area contributed by atoms with E-state index < -0.39 is 5.97 Å². The fourth-order valence-electron chi connectivity index (χ4n) is 1.91. The van der Waals surface area contributed by atoms with Crippen molar-refractivity contribution < 1.29 is 19.1 Å². The van der Waals surface area contributed by atoms with Crippen LogP contribution in [0, 0.1) is 0 Å². The van der Waals surface area contributed by atoms with Gasteiger partial charge in [-0.1, -0.05) is 30.3 Å². The molecule has 5 nitrogen and oxygen atoms in total. The lowest BCUT2D eigenvalue weighted by atomic mass is 10.2. The highest BCUT2D eigenvalue weighted by atomic mass is 16.5. The zero-order valence-electron chi connectivity index (χ0n) is 13.4. The predicted molar refractivity (Wildman–Crippen MR) is 92.7 cm³/mol. The molecule has 0 atom stereocenters. The maximum atomic E-state index is 11.7. The third-order valence-electron chi connectivity index (χ3n) is 3.01. The number of para-hydroxylation sites is 1. The van der Waals surface area contributed by atoms with Gasteiger partial charge >= 0.3 is 5.97 Å². The molecule has 0 saturated carbocycles. The summed E-state index contributed by atoms with van der Waals surface area (Å²) in [4.78, 5) is 23.3. The number of rotatable bonds is 7. The zero-order chi connectivity index (χ0) is 17.2. The summed E-state index contributed by atoms with van der Waals surface area (Å²) in [6.45, 7) is 2.19. The number of amides is 1. The smallest absolute Gasteiger partial charge is 0.331 e. The molecule has 1 N–H and O–H groups in total. The fourth-order valence-corrected chi connectivity index (χ4v) is 1.91. The summed E-state index contributed by atoms with van der Waals surface area (Å²) >= 11 is 0. The number of nitrogens with one attached hydrogen (secondary N) is 1. The van der Waals surface area contributed by atoms with Crippen LogP contribution in [0.15, 0.2) is 60.7 Å². The highest BCUT2D eigenvalue weighted by Gasteiger charge is 2.05. The Kier molecular flexibility index (Phi) is 6.58. The van der Waals surface area contributed by atoms with Crippen LogP contribution in [0.4, 0.5) is 5.69 Å². The van der Waals surface area contributed by atoms with Crippen LogP contribution in [0.1, 0.15) is 12.5 Å². The van der Waals surface area contributed by atoms with Crippen LogP contribution in [-0.4, -0.2) is 25.1 Å². The molecule has 0 radical (unpaired) electrons. The molecule has 2 aromatic carbocycles. The zero-order valence-corrected chi connectivity index (χ0v) is 13.4. The molecule has 1 amide bonds. The van der Waals surface area contributed by atoms with Crippen molar-refractivity contribution in [2.24, 2.45) is 0 Å². The van der Waals surface area contributed by atoms with Crippen molar-refractivity contribution in [3.63, 3.8) is 0 Å². The number of benzene rings is 2. The van der Waals surface area contributed by atoms with Gasteiger partial charge in [0.1, 0.15) is 5.75 Å². The Bertz CT molecular complexity index is 693. The largest absolute Gasteiger partial charge is 0.494 e. The van der Waals surface area contributed by atoms with Crippen LogP contribution in [0.2, 0.25) is 0 Å². The van der Waals surface area contributed by atoms with Gasteiger partial charge in [-0.05, 0) is 42.8 Å². The van der Waals surface area contributed by atoms with Crippen molar-refractivity contribution in [1.29, 1.82) is 0 Å². The van der Waals surface area contributed by atoms with Crippen molar-refractivity contribution in [2.75, 3.05) is 18.5 Å². The molecule has 0 fully saturated rings. The Labute approximate surface area is 140 Å². The van der Waals surface area contributed by atoms with Gasteiger partial charge in [-0.2, -0.15) is 0 Å². The van der Waals surface area contributed by atoms with Crippen LogP contribution >= 0.6 is 0 Å². The molecule has 124 valence electrons. The Balaban J connectivity index is 1.77. The lowest BCUT2D eigenvalue weighted by Gasteiger charge is -2.05. The van der Waals surface area contributed by atoms with Gasteiger partial charge in [-0.25, -0.2) is 4.79 Å². The second kappa shape index (κ2) is 9.15. The van der Waals surface area contributed by atoms with E-state index in [1.807, 2.05) is 37.3 Å². The van der Waals surface area contributed by atoms with E-state index in [1.54, 1.807) is 30.3 Å². The summed E-state index contributed by atoms with van der Waals surface area (Å²) in [5, 5.41) is 2.64. The normalized spacial score (nSPS) is 10.4. The number of ether oxygens (including phenoxy) is 2. The molecule has 2 aromatic rings. The number of esters is 1. The topological polar surface area (TPSA) is 64.6 Å². The molecule has 0 spiro atoms. The highest BCUT2D eigenvalue weighted by Crippen LogP contribution is 2.13. The van der Waals surface area contributed by atoms with Crippen molar-refractivity contribution in [2.45, 2.75) is 6.92 Å². The second-order valence-electron chi connectivity index (χ2n) is 4.86. The highest BCUT2D eigenvalue weighted by molar-refractivity contribution is 5.94. The van der Waals surface area contributed by atoms with Crippen molar-refractivity contribution in [1.82, 2.24) is 0 Å². The van der Waals surface area contributed by atoms with E-state index in [4.69, 9.17) is 9.47 Å². The molecule has 0 unspecified atom stereocenters. The first-order valence-electron chi connectivity index (χ1n) is 7.60. The summed E-state index contributed by atoms with van der Waals surface area (Å²) in [5.74, 6) is -0.189. The molecule has 2 rings (SSSR count). The summed E-state index contributed by atoms with van der Waals surface area (Å²) in [7, 11) is 0. The molecule has 0 heterocycles. The molecule has 0 aliphatic heterocycles. The van der Waals surface area contributed by atoms with Gasteiger partial charge in [0.2, 0.25) is 0 Å². The number of carbonyl (C=O) groups excluding carboxylic acids is 2. The summed E-state index contributed by atoms with van der Waals surface area (Å²) in [6.07, 6.45) is 2.90. The van der Waals surface area contributed by atoms with Gasteiger partial charge < -0.3 is 14.8 Å². The molecular formula is C19H19NO4. The summed E-state index contributed by atoms with van der Waals surface area (Å²) in [6, 6.07) is 16.3. The number of hydrogen-bond acceptors (Lipinski definition) is 4. The monoisotopic (exact) mass is 325 g/mol. The van der Waals surface area contributed by atoms with E-state index in [1.165, 1.54) is 6.08 Å². The average molecular weight is 325 g/mol. The van der Waals surface area contributed by atoms with E-state index >= 15 is 0 Å². The minimum absolute atomic E-state index is 0.332. The first-order valence-corrected chi connectivity index (χ1v) is 7.60. The Morgan fingerprint density at radius 1 is 1.04 bits per heavy atom. The predicted octanol–water partition coefficient (Wildman–Crippen LogP) is 3.28. The summed E-state index contributed by atoms with van der Waals surface area (Å²) in [5.41, 5.74) is 1.49. The molecule has 0 saturated heterocycles. The van der Waals surface area contributed by atoms with Crippen LogP contribution in [-0.2, 0) is 14.3 Å². The molecule has 0 aliphatic carbocycles. The molecule has 5 heteroatoms. The minimum atomic E-state index is -0.577. The number of anilines is 1. The SMILES string of the molecule is CCOc1ccc(/C=C/C(=O)OCC(=O)Nc2ccccc2)cc1. The van der Waals surface area contributed by atoms with Crippen molar-refractivity contribution in [3.8, 4) is 5.75 Å². The van der Waals surface area contributed by atoms with Crippen LogP contribution in [0.5, 0.6) is 5.75 Å². The van der Waals surface area contributed by atoms with Gasteiger partial charge in [0.25, 0.3) is 5.91 Å². The fraction of sp³-hybridized carbons (Fsp3) is 0.158. The molecule has 0 aromatic heterocycles. The third kappa shape index (κ3) is 5.96. The first-order chi connectivity index (χ1) is 11.7. The average Bonchev–Trinajstić information content (AvgIpc) is 2.60. The van der Waals surface area contributed by atoms with E-state index in [2.05, 4.69) is 5.32 Å². The Morgan fingerprint density at radius 2 is 1.75 bits per heavy atom. The minimum Gasteiger partial charge on any atom is -0.494 e. The van der Waals surface area contributed by atoms with E-state index in [-0.39, 0.29) is 12.5 Å². The quantitative estimate of drug-likeness (QED) is 0.627. The van der Waals surface area contributed by atoms with Crippen LogP contribution in [0.3, 0.4) is 0 Å². The Hall–Kier alpha value is -3.08.